The summed E-state index contributed by atoms with van der Waals surface area (Å²) in [5, 5.41) is 0. The first-order valence-electron chi connectivity index (χ1n) is 7.40. The number of alkyl halides is 1. The maximum Gasteiger partial charge on any atom is 0.0320 e. The lowest BCUT2D eigenvalue weighted by molar-refractivity contribution is 0.291. The normalized spacial score (nSPS) is 23.1. The number of hydrogen-bond donors (Lipinski definition) is 0. The van der Waals surface area contributed by atoms with Gasteiger partial charge in [0, 0.05) is 11.3 Å². The number of benzene rings is 1. The second-order valence-corrected chi connectivity index (χ2v) is 6.08. The number of aryl methyl sites for hydroxylation is 1. The van der Waals surface area contributed by atoms with Gasteiger partial charge in [0.15, 0.2) is 0 Å². The smallest absolute Gasteiger partial charge is 0.0320 e. The standard InChI is InChI=1S/C17H25Cl/c1-3-14(4-2)12-17(13-18)11-7-9-15-8-5-6-10-16(15)17/h5-6,8,10,14H,3-4,7,9,11-13H2,1-2H3. The maximum atomic E-state index is 6.42. The summed E-state index contributed by atoms with van der Waals surface area (Å²) in [7, 11) is 0. The van der Waals surface area contributed by atoms with Crippen LogP contribution < -0.4 is 0 Å². The highest BCUT2D eigenvalue weighted by Gasteiger charge is 2.36. The summed E-state index contributed by atoms with van der Waals surface area (Å²) in [4.78, 5) is 0. The Morgan fingerprint density at radius 2 is 1.94 bits per heavy atom. The van der Waals surface area contributed by atoms with Crippen molar-refractivity contribution in [1.82, 2.24) is 0 Å². The molecule has 0 fully saturated rings. The summed E-state index contributed by atoms with van der Waals surface area (Å²) in [6.07, 6.45) is 7.61. The van der Waals surface area contributed by atoms with Crippen LogP contribution in [0.1, 0.15) is 57.1 Å². The Balaban J connectivity index is 2.33. The Kier molecular flexibility index (Phi) is 4.72. The quantitative estimate of drug-likeness (QED) is 0.631. The van der Waals surface area contributed by atoms with Crippen LogP contribution in [0.3, 0.4) is 0 Å². The summed E-state index contributed by atoms with van der Waals surface area (Å²) in [6, 6.07) is 8.96. The van der Waals surface area contributed by atoms with Crippen LogP contribution in [-0.4, -0.2) is 5.88 Å². The van der Waals surface area contributed by atoms with Crippen molar-refractivity contribution in [2.24, 2.45) is 5.92 Å². The summed E-state index contributed by atoms with van der Waals surface area (Å²) in [5.74, 6) is 1.59. The lowest BCUT2D eigenvalue weighted by atomic mass is 9.66. The zero-order valence-corrected chi connectivity index (χ0v) is 12.5. The van der Waals surface area contributed by atoms with Gasteiger partial charge in [0.05, 0.1) is 0 Å². The fourth-order valence-corrected chi connectivity index (χ4v) is 3.93. The summed E-state index contributed by atoms with van der Waals surface area (Å²) in [6.45, 7) is 4.62. The molecular weight excluding hydrogens is 240 g/mol. The zero-order valence-electron chi connectivity index (χ0n) is 11.7. The van der Waals surface area contributed by atoms with E-state index in [1.165, 1.54) is 49.7 Å². The molecule has 0 bridgehead atoms. The van der Waals surface area contributed by atoms with Crippen molar-refractivity contribution in [1.29, 1.82) is 0 Å². The Morgan fingerprint density at radius 1 is 1.22 bits per heavy atom. The van der Waals surface area contributed by atoms with Gasteiger partial charge in [-0.1, -0.05) is 51.0 Å². The Morgan fingerprint density at radius 3 is 2.61 bits per heavy atom. The summed E-state index contributed by atoms with van der Waals surface area (Å²) in [5.41, 5.74) is 3.32. The van der Waals surface area contributed by atoms with E-state index in [2.05, 4.69) is 38.1 Å². The van der Waals surface area contributed by atoms with E-state index in [-0.39, 0.29) is 5.41 Å². The van der Waals surface area contributed by atoms with Crippen LogP contribution in [0.15, 0.2) is 24.3 Å². The Bertz CT molecular complexity index is 381. The molecule has 2 rings (SSSR count). The molecule has 18 heavy (non-hydrogen) atoms. The third-order valence-corrected chi connectivity index (χ3v) is 5.29. The van der Waals surface area contributed by atoms with Crippen LogP contribution in [0.25, 0.3) is 0 Å². The van der Waals surface area contributed by atoms with Crippen molar-refractivity contribution in [3.8, 4) is 0 Å². The van der Waals surface area contributed by atoms with Crippen molar-refractivity contribution in [3.63, 3.8) is 0 Å². The van der Waals surface area contributed by atoms with Gasteiger partial charge in [-0.3, -0.25) is 0 Å². The SMILES string of the molecule is CCC(CC)CC1(CCl)CCCc2ccccc21. The molecule has 0 heterocycles. The molecule has 1 aromatic rings. The van der Waals surface area contributed by atoms with Gasteiger partial charge in [-0.15, -0.1) is 11.6 Å². The molecule has 1 atom stereocenters. The Hall–Kier alpha value is -0.490. The monoisotopic (exact) mass is 264 g/mol. The lowest BCUT2D eigenvalue weighted by Crippen LogP contribution is -2.35. The minimum absolute atomic E-state index is 0.243. The minimum atomic E-state index is 0.243. The average molecular weight is 265 g/mol. The third kappa shape index (κ3) is 2.59. The van der Waals surface area contributed by atoms with Crippen LogP contribution in [0, 0.1) is 5.92 Å². The first kappa shape index (κ1) is 13.9. The molecule has 1 unspecified atom stereocenters. The first-order chi connectivity index (χ1) is 8.75. The van der Waals surface area contributed by atoms with Crippen molar-refractivity contribution in [2.45, 2.75) is 57.8 Å². The molecule has 0 saturated carbocycles. The van der Waals surface area contributed by atoms with Gasteiger partial charge < -0.3 is 0 Å². The highest BCUT2D eigenvalue weighted by Crippen LogP contribution is 2.43. The van der Waals surface area contributed by atoms with E-state index in [0.717, 1.165) is 11.8 Å². The number of halogens is 1. The molecule has 0 aromatic heterocycles. The third-order valence-electron chi connectivity index (χ3n) is 4.78. The van der Waals surface area contributed by atoms with Crippen LogP contribution in [0.2, 0.25) is 0 Å². The van der Waals surface area contributed by atoms with Crippen molar-refractivity contribution in [3.05, 3.63) is 35.4 Å². The molecule has 1 aliphatic carbocycles. The van der Waals surface area contributed by atoms with Gasteiger partial charge in [-0.05, 0) is 42.7 Å². The first-order valence-corrected chi connectivity index (χ1v) is 7.93. The van der Waals surface area contributed by atoms with E-state index < -0.39 is 0 Å². The predicted molar refractivity (Wildman–Crippen MR) is 80.5 cm³/mol. The number of rotatable bonds is 5. The largest absolute Gasteiger partial charge is 0.126 e. The van der Waals surface area contributed by atoms with E-state index in [1.807, 2.05) is 0 Å². The highest BCUT2D eigenvalue weighted by atomic mass is 35.5. The average Bonchev–Trinajstić information content (AvgIpc) is 2.45. The zero-order chi connectivity index (χ0) is 13.0. The van der Waals surface area contributed by atoms with Gasteiger partial charge in [0.2, 0.25) is 0 Å². The molecule has 100 valence electrons. The molecule has 0 aliphatic heterocycles. The number of fused-ring (bicyclic) bond motifs is 1. The molecule has 0 radical (unpaired) electrons. The second-order valence-electron chi connectivity index (χ2n) is 5.81. The van der Waals surface area contributed by atoms with E-state index in [9.17, 15) is 0 Å². The fourth-order valence-electron chi connectivity index (χ4n) is 3.54. The van der Waals surface area contributed by atoms with Crippen molar-refractivity contribution < 1.29 is 0 Å². The molecule has 0 amide bonds. The Labute approximate surface area is 117 Å². The maximum absolute atomic E-state index is 6.42. The summed E-state index contributed by atoms with van der Waals surface area (Å²) >= 11 is 6.42. The van der Waals surface area contributed by atoms with Crippen LogP contribution in [0.4, 0.5) is 0 Å². The van der Waals surface area contributed by atoms with Gasteiger partial charge in [0.25, 0.3) is 0 Å². The van der Waals surface area contributed by atoms with Gasteiger partial charge in [-0.2, -0.15) is 0 Å². The van der Waals surface area contributed by atoms with Crippen molar-refractivity contribution in [2.75, 3.05) is 5.88 Å². The van der Waals surface area contributed by atoms with Gasteiger partial charge in [-0.25, -0.2) is 0 Å². The van der Waals surface area contributed by atoms with Gasteiger partial charge >= 0.3 is 0 Å². The summed E-state index contributed by atoms with van der Waals surface area (Å²) < 4.78 is 0. The van der Waals surface area contributed by atoms with E-state index >= 15 is 0 Å². The molecule has 0 spiro atoms. The number of hydrogen-bond acceptors (Lipinski definition) is 0. The molecule has 1 heteroatoms. The lowest BCUT2D eigenvalue weighted by Gasteiger charge is -2.40. The molecular formula is C17H25Cl. The minimum Gasteiger partial charge on any atom is -0.126 e. The molecule has 0 nitrogen and oxygen atoms in total. The fraction of sp³-hybridized carbons (Fsp3) is 0.647. The highest BCUT2D eigenvalue weighted by molar-refractivity contribution is 6.18. The van der Waals surface area contributed by atoms with E-state index in [4.69, 9.17) is 11.6 Å². The predicted octanol–water partition coefficient (Wildman–Crippen LogP) is 5.33. The van der Waals surface area contributed by atoms with Crippen LogP contribution in [-0.2, 0) is 11.8 Å². The van der Waals surface area contributed by atoms with Crippen LogP contribution >= 0.6 is 11.6 Å². The molecule has 0 N–H and O–H groups in total. The van der Waals surface area contributed by atoms with Crippen molar-refractivity contribution >= 4 is 11.6 Å². The molecule has 1 aromatic carbocycles. The van der Waals surface area contributed by atoms with Gasteiger partial charge in [0.1, 0.15) is 0 Å². The van der Waals surface area contributed by atoms with Crippen LogP contribution in [0.5, 0.6) is 0 Å². The topological polar surface area (TPSA) is 0 Å². The second kappa shape index (κ2) is 6.10. The van der Waals surface area contributed by atoms with E-state index in [0.29, 0.717) is 0 Å². The molecule has 0 saturated heterocycles. The molecule has 1 aliphatic rings. The van der Waals surface area contributed by atoms with E-state index in [1.54, 1.807) is 0 Å².